The van der Waals surface area contributed by atoms with Crippen LogP contribution in [0.3, 0.4) is 0 Å². The van der Waals surface area contributed by atoms with E-state index in [0.29, 0.717) is 37.0 Å². The van der Waals surface area contributed by atoms with Crippen LogP contribution in [0.2, 0.25) is 0 Å². The van der Waals surface area contributed by atoms with Crippen molar-refractivity contribution in [1.82, 2.24) is 0 Å². The normalized spacial score (nSPS) is 13.3. The summed E-state index contributed by atoms with van der Waals surface area (Å²) in [6, 6.07) is 3.30. The Balaban J connectivity index is 2.45. The van der Waals surface area contributed by atoms with Gasteiger partial charge < -0.3 is 19.9 Å². The van der Waals surface area contributed by atoms with Crippen LogP contribution in [0, 0.1) is 0 Å². The first-order valence-corrected chi connectivity index (χ1v) is 5.09. The summed E-state index contributed by atoms with van der Waals surface area (Å²) >= 11 is 0. The van der Waals surface area contributed by atoms with Gasteiger partial charge in [-0.15, -0.1) is 0 Å². The largest absolute Gasteiger partial charge is 0.486 e. The lowest BCUT2D eigenvalue weighted by molar-refractivity contribution is 0.0518. The highest BCUT2D eigenvalue weighted by atomic mass is 16.6. The fourth-order valence-electron chi connectivity index (χ4n) is 1.54. The van der Waals surface area contributed by atoms with Gasteiger partial charge in [-0.05, 0) is 19.1 Å². The number of nitrogen functional groups attached to an aromatic ring is 1. The number of nitrogens with two attached hydrogens (primary N) is 1. The first-order valence-electron chi connectivity index (χ1n) is 5.09. The maximum Gasteiger partial charge on any atom is 0.344 e. The molecule has 0 aromatic heterocycles. The molecule has 0 aliphatic carbocycles. The molecule has 0 saturated heterocycles. The second-order valence-electron chi connectivity index (χ2n) is 3.27. The average molecular weight is 223 g/mol. The van der Waals surface area contributed by atoms with Gasteiger partial charge >= 0.3 is 5.97 Å². The molecule has 0 unspecified atom stereocenters. The zero-order chi connectivity index (χ0) is 11.5. The summed E-state index contributed by atoms with van der Waals surface area (Å²) < 4.78 is 15.7. The number of rotatable bonds is 2. The van der Waals surface area contributed by atoms with Gasteiger partial charge in [-0.3, -0.25) is 0 Å². The monoisotopic (exact) mass is 223 g/mol. The van der Waals surface area contributed by atoms with E-state index >= 15 is 0 Å². The summed E-state index contributed by atoms with van der Waals surface area (Å²) in [4.78, 5) is 11.7. The summed E-state index contributed by atoms with van der Waals surface area (Å²) in [5, 5.41) is 0. The lowest BCUT2D eigenvalue weighted by atomic mass is 10.1. The van der Waals surface area contributed by atoms with Crippen LogP contribution in [-0.2, 0) is 4.74 Å². The summed E-state index contributed by atoms with van der Waals surface area (Å²) in [5.74, 6) is 0.426. The van der Waals surface area contributed by atoms with Gasteiger partial charge in [-0.1, -0.05) is 0 Å². The van der Waals surface area contributed by atoms with Gasteiger partial charge in [0.2, 0.25) is 0 Å². The van der Waals surface area contributed by atoms with Crippen LogP contribution in [-0.4, -0.2) is 25.8 Å². The van der Waals surface area contributed by atoms with Crippen LogP contribution in [0.25, 0.3) is 0 Å². The minimum atomic E-state index is -0.484. The van der Waals surface area contributed by atoms with Crippen molar-refractivity contribution in [2.75, 3.05) is 25.6 Å². The van der Waals surface area contributed by atoms with E-state index in [1.165, 1.54) is 0 Å². The highest BCUT2D eigenvalue weighted by molar-refractivity contribution is 5.99. The molecule has 86 valence electrons. The third kappa shape index (κ3) is 1.76. The number of carbonyl (C=O) groups is 1. The Morgan fingerprint density at radius 1 is 1.44 bits per heavy atom. The van der Waals surface area contributed by atoms with Crippen molar-refractivity contribution in [3.63, 3.8) is 0 Å². The Morgan fingerprint density at radius 3 is 2.94 bits per heavy atom. The maximum atomic E-state index is 11.7. The smallest absolute Gasteiger partial charge is 0.344 e. The first-order chi connectivity index (χ1) is 7.74. The van der Waals surface area contributed by atoms with Gasteiger partial charge in [-0.2, -0.15) is 0 Å². The fraction of sp³-hybridized carbons (Fsp3) is 0.364. The van der Waals surface area contributed by atoms with Crippen LogP contribution in [0.1, 0.15) is 17.3 Å². The number of anilines is 1. The Kier molecular flexibility index (Phi) is 2.85. The molecule has 0 atom stereocenters. The van der Waals surface area contributed by atoms with Crippen LogP contribution in [0.15, 0.2) is 12.1 Å². The third-order valence-corrected chi connectivity index (χ3v) is 2.22. The van der Waals surface area contributed by atoms with Crippen molar-refractivity contribution in [3.8, 4) is 11.5 Å². The topological polar surface area (TPSA) is 70.8 Å². The highest BCUT2D eigenvalue weighted by Gasteiger charge is 2.24. The summed E-state index contributed by atoms with van der Waals surface area (Å²) in [6.45, 7) is 2.91. The molecule has 0 bridgehead atoms. The minimum absolute atomic E-state index is 0.249. The minimum Gasteiger partial charge on any atom is -0.486 e. The lowest BCUT2D eigenvalue weighted by Crippen LogP contribution is -2.19. The van der Waals surface area contributed by atoms with Crippen LogP contribution in [0.5, 0.6) is 11.5 Å². The molecule has 1 aromatic rings. The number of ether oxygens (including phenoxy) is 3. The standard InChI is InChI=1S/C11H13NO4/c1-2-14-11(13)9-7(12)3-4-8-10(9)16-6-5-15-8/h3-4H,2,5-6,12H2,1H3. The molecule has 0 radical (unpaired) electrons. The van der Waals surface area contributed by atoms with Gasteiger partial charge in [0.05, 0.1) is 12.3 Å². The molecule has 5 heteroatoms. The highest BCUT2D eigenvalue weighted by Crippen LogP contribution is 2.37. The second-order valence-corrected chi connectivity index (χ2v) is 3.27. The van der Waals surface area contributed by atoms with E-state index in [0.717, 1.165) is 0 Å². The molecule has 2 rings (SSSR count). The zero-order valence-electron chi connectivity index (χ0n) is 8.99. The molecule has 1 heterocycles. The van der Waals surface area contributed by atoms with E-state index in [9.17, 15) is 4.79 Å². The molecular weight excluding hydrogens is 210 g/mol. The Labute approximate surface area is 93.1 Å². The Hall–Kier alpha value is -1.91. The van der Waals surface area contributed by atoms with Gasteiger partial charge in [0, 0.05) is 0 Å². The predicted octanol–water partition coefficient (Wildman–Crippen LogP) is 1.22. The zero-order valence-corrected chi connectivity index (χ0v) is 8.99. The van der Waals surface area contributed by atoms with E-state index in [1.807, 2.05) is 0 Å². The second kappa shape index (κ2) is 4.30. The van der Waals surface area contributed by atoms with Gasteiger partial charge in [0.15, 0.2) is 11.5 Å². The average Bonchev–Trinajstić information content (AvgIpc) is 2.29. The maximum absolute atomic E-state index is 11.7. The molecule has 16 heavy (non-hydrogen) atoms. The van der Waals surface area contributed by atoms with Crippen molar-refractivity contribution in [2.24, 2.45) is 0 Å². The molecule has 2 N–H and O–H groups in total. The SMILES string of the molecule is CCOC(=O)c1c(N)ccc2c1OCCO2. The summed E-state index contributed by atoms with van der Waals surface area (Å²) in [5.41, 5.74) is 6.32. The molecule has 5 nitrogen and oxygen atoms in total. The van der Waals surface area contributed by atoms with E-state index in [2.05, 4.69) is 0 Å². The van der Waals surface area contributed by atoms with Gasteiger partial charge in [0.25, 0.3) is 0 Å². The molecule has 0 amide bonds. The predicted molar refractivity (Wildman–Crippen MR) is 57.8 cm³/mol. The van der Waals surface area contributed by atoms with Crippen LogP contribution >= 0.6 is 0 Å². The number of benzene rings is 1. The summed E-state index contributed by atoms with van der Waals surface area (Å²) in [7, 11) is 0. The molecule has 1 aliphatic heterocycles. The van der Waals surface area contributed by atoms with Crippen LogP contribution in [0.4, 0.5) is 5.69 Å². The van der Waals surface area contributed by atoms with E-state index in [-0.39, 0.29) is 5.56 Å². The number of fused-ring (bicyclic) bond motifs is 1. The molecule has 1 aromatic carbocycles. The lowest BCUT2D eigenvalue weighted by Gasteiger charge is -2.21. The van der Waals surface area contributed by atoms with Crippen molar-refractivity contribution in [1.29, 1.82) is 0 Å². The Bertz CT molecular complexity index is 417. The fourth-order valence-corrected chi connectivity index (χ4v) is 1.54. The van der Waals surface area contributed by atoms with E-state index < -0.39 is 5.97 Å². The number of esters is 1. The van der Waals surface area contributed by atoms with Crippen LogP contribution < -0.4 is 15.2 Å². The van der Waals surface area contributed by atoms with Crippen molar-refractivity contribution >= 4 is 11.7 Å². The van der Waals surface area contributed by atoms with Crippen molar-refractivity contribution in [3.05, 3.63) is 17.7 Å². The number of carbonyl (C=O) groups excluding carboxylic acids is 1. The summed E-state index contributed by atoms with van der Waals surface area (Å²) in [6.07, 6.45) is 0. The third-order valence-electron chi connectivity index (χ3n) is 2.22. The molecule has 0 saturated carbocycles. The van der Waals surface area contributed by atoms with Crippen molar-refractivity contribution in [2.45, 2.75) is 6.92 Å². The van der Waals surface area contributed by atoms with E-state index in [1.54, 1.807) is 19.1 Å². The van der Waals surface area contributed by atoms with Crippen molar-refractivity contribution < 1.29 is 19.0 Å². The Morgan fingerprint density at radius 2 is 2.19 bits per heavy atom. The van der Waals surface area contributed by atoms with Gasteiger partial charge in [-0.25, -0.2) is 4.79 Å². The quantitative estimate of drug-likeness (QED) is 0.603. The molecule has 0 spiro atoms. The molecule has 1 aliphatic rings. The van der Waals surface area contributed by atoms with Gasteiger partial charge in [0.1, 0.15) is 18.8 Å². The molecular formula is C11H13NO4. The molecule has 0 fully saturated rings. The number of hydrogen-bond acceptors (Lipinski definition) is 5. The van der Waals surface area contributed by atoms with E-state index in [4.69, 9.17) is 19.9 Å². The first kappa shape index (κ1) is 10.6. The number of hydrogen-bond donors (Lipinski definition) is 1.